The van der Waals surface area contributed by atoms with Crippen LogP contribution in [-0.4, -0.2) is 49.7 Å². The van der Waals surface area contributed by atoms with E-state index >= 15 is 0 Å². The number of ether oxygens (including phenoxy) is 3. The molecule has 1 aromatic carbocycles. The fourth-order valence-electron chi connectivity index (χ4n) is 3.15. The van der Waals surface area contributed by atoms with Gasteiger partial charge in [0.2, 0.25) is 0 Å². The van der Waals surface area contributed by atoms with E-state index in [0.717, 1.165) is 19.3 Å². The second kappa shape index (κ2) is 8.04. The van der Waals surface area contributed by atoms with Gasteiger partial charge in [-0.2, -0.15) is 0 Å². The predicted molar refractivity (Wildman–Crippen MR) is 89.4 cm³/mol. The quantitative estimate of drug-likeness (QED) is 0.774. The summed E-state index contributed by atoms with van der Waals surface area (Å²) in [6.07, 6.45) is 3.14. The Morgan fingerprint density at radius 3 is 2.42 bits per heavy atom. The molecule has 1 aliphatic rings. The Morgan fingerprint density at radius 2 is 1.83 bits per heavy atom. The van der Waals surface area contributed by atoms with Gasteiger partial charge in [-0.1, -0.05) is 0 Å². The maximum atomic E-state index is 12.6. The number of methoxy groups -OCH3 is 2. The first-order valence-corrected chi connectivity index (χ1v) is 8.18. The van der Waals surface area contributed by atoms with E-state index in [1.807, 2.05) is 4.90 Å². The third-order valence-electron chi connectivity index (χ3n) is 4.43. The lowest BCUT2D eigenvalue weighted by Crippen LogP contribution is -2.49. The molecule has 24 heavy (non-hydrogen) atoms. The molecule has 1 saturated heterocycles. The lowest BCUT2D eigenvalue weighted by Gasteiger charge is -2.39. The Kier molecular flexibility index (Phi) is 6.06. The highest BCUT2D eigenvalue weighted by atomic mass is 16.5. The summed E-state index contributed by atoms with van der Waals surface area (Å²) in [5.74, 6) is 0.241. The minimum atomic E-state index is -0.514. The van der Waals surface area contributed by atoms with Gasteiger partial charge in [-0.25, -0.2) is 4.79 Å². The van der Waals surface area contributed by atoms with Crippen LogP contribution in [0, 0.1) is 0 Å². The lowest BCUT2D eigenvalue weighted by molar-refractivity contribution is -0.139. The fraction of sp³-hybridized carbons (Fsp3) is 0.556. The predicted octanol–water partition coefficient (Wildman–Crippen LogP) is 2.65. The van der Waals surface area contributed by atoms with Gasteiger partial charge in [0.25, 0.3) is 5.91 Å². The second-order valence-corrected chi connectivity index (χ2v) is 6.07. The zero-order valence-corrected chi connectivity index (χ0v) is 14.7. The molecule has 6 nitrogen and oxygen atoms in total. The van der Waals surface area contributed by atoms with E-state index in [2.05, 4.69) is 13.8 Å². The maximum absolute atomic E-state index is 12.6. The number of likely N-dealkylation sites (tertiary alicyclic amines) is 1. The first-order chi connectivity index (χ1) is 11.5. The van der Waals surface area contributed by atoms with Gasteiger partial charge in [0.05, 0.1) is 14.2 Å². The summed E-state index contributed by atoms with van der Waals surface area (Å²) in [6.45, 7) is 3.99. The molecule has 132 valence electrons. The van der Waals surface area contributed by atoms with Crippen molar-refractivity contribution in [1.82, 2.24) is 4.90 Å². The molecule has 1 heterocycles. The summed E-state index contributed by atoms with van der Waals surface area (Å²) in [5.41, 5.74) is 0.269. The Labute approximate surface area is 142 Å². The number of amides is 1. The van der Waals surface area contributed by atoms with Crippen LogP contribution in [0.5, 0.6) is 11.5 Å². The molecule has 0 aromatic heterocycles. The van der Waals surface area contributed by atoms with Crippen molar-refractivity contribution in [3.05, 3.63) is 23.8 Å². The molecule has 1 aromatic rings. The van der Waals surface area contributed by atoms with Crippen molar-refractivity contribution < 1.29 is 23.8 Å². The highest BCUT2D eigenvalue weighted by Crippen LogP contribution is 2.27. The van der Waals surface area contributed by atoms with Crippen molar-refractivity contribution in [2.45, 2.75) is 45.2 Å². The van der Waals surface area contributed by atoms with Gasteiger partial charge in [-0.3, -0.25) is 4.79 Å². The summed E-state index contributed by atoms with van der Waals surface area (Å²) >= 11 is 0. The van der Waals surface area contributed by atoms with Crippen LogP contribution in [0.4, 0.5) is 0 Å². The minimum Gasteiger partial charge on any atom is -0.497 e. The monoisotopic (exact) mass is 335 g/mol. The largest absolute Gasteiger partial charge is 0.497 e. The van der Waals surface area contributed by atoms with Crippen molar-refractivity contribution in [1.29, 1.82) is 0 Å². The van der Waals surface area contributed by atoms with Crippen LogP contribution >= 0.6 is 0 Å². The van der Waals surface area contributed by atoms with Crippen molar-refractivity contribution >= 4 is 11.9 Å². The topological polar surface area (TPSA) is 65.1 Å². The molecule has 1 fully saturated rings. The van der Waals surface area contributed by atoms with E-state index < -0.39 is 5.97 Å². The molecule has 0 N–H and O–H groups in total. The van der Waals surface area contributed by atoms with Gasteiger partial charge in [0.15, 0.2) is 6.61 Å². The molecule has 1 amide bonds. The molecule has 2 atom stereocenters. The number of piperidine rings is 1. The van der Waals surface area contributed by atoms with E-state index in [1.54, 1.807) is 18.2 Å². The average molecular weight is 335 g/mol. The first-order valence-electron chi connectivity index (χ1n) is 8.18. The molecule has 1 aliphatic heterocycles. The van der Waals surface area contributed by atoms with E-state index in [9.17, 15) is 9.59 Å². The van der Waals surface area contributed by atoms with Crippen molar-refractivity contribution in [2.24, 2.45) is 0 Å². The van der Waals surface area contributed by atoms with Gasteiger partial charge < -0.3 is 19.1 Å². The molecule has 0 spiro atoms. The zero-order valence-electron chi connectivity index (χ0n) is 14.7. The smallest absolute Gasteiger partial charge is 0.341 e. The summed E-state index contributed by atoms with van der Waals surface area (Å²) in [6, 6.07) is 5.21. The number of esters is 1. The maximum Gasteiger partial charge on any atom is 0.341 e. The number of hydrogen-bond acceptors (Lipinski definition) is 5. The molecular formula is C18H25NO5. The molecular weight excluding hydrogens is 310 g/mol. The van der Waals surface area contributed by atoms with Gasteiger partial charge in [0, 0.05) is 18.2 Å². The Bertz CT molecular complexity index is 591. The van der Waals surface area contributed by atoms with E-state index in [4.69, 9.17) is 14.2 Å². The molecule has 0 aliphatic carbocycles. The standard InChI is InChI=1S/C18H25NO5/c1-12-6-5-7-13(2)19(12)17(20)11-24-16-10-14(22-3)8-9-15(16)18(21)23-4/h8-10,12-13H,5-7,11H2,1-4H3/t12-,13-/m1/s1. The molecule has 0 bridgehead atoms. The Balaban J connectivity index is 2.12. The Morgan fingerprint density at radius 1 is 1.17 bits per heavy atom. The van der Waals surface area contributed by atoms with Crippen LogP contribution in [0.1, 0.15) is 43.5 Å². The third kappa shape index (κ3) is 3.99. The molecule has 0 unspecified atom stereocenters. The Hall–Kier alpha value is -2.24. The van der Waals surface area contributed by atoms with Crippen LogP contribution in [-0.2, 0) is 9.53 Å². The van der Waals surface area contributed by atoms with Gasteiger partial charge in [-0.05, 0) is 45.2 Å². The minimum absolute atomic E-state index is 0.0756. The summed E-state index contributed by atoms with van der Waals surface area (Å²) in [7, 11) is 2.83. The summed E-state index contributed by atoms with van der Waals surface area (Å²) < 4.78 is 15.5. The number of rotatable bonds is 5. The first kappa shape index (κ1) is 18.1. The van der Waals surface area contributed by atoms with E-state index in [-0.39, 0.29) is 35.9 Å². The second-order valence-electron chi connectivity index (χ2n) is 6.07. The highest BCUT2D eigenvalue weighted by Gasteiger charge is 2.29. The highest BCUT2D eigenvalue weighted by molar-refractivity contribution is 5.93. The van der Waals surface area contributed by atoms with Crippen LogP contribution in [0.25, 0.3) is 0 Å². The summed E-state index contributed by atoms with van der Waals surface area (Å²) in [4.78, 5) is 26.3. The molecule has 0 radical (unpaired) electrons. The normalized spacial score (nSPS) is 20.4. The lowest BCUT2D eigenvalue weighted by atomic mass is 9.97. The van der Waals surface area contributed by atoms with Crippen LogP contribution in [0.15, 0.2) is 18.2 Å². The van der Waals surface area contributed by atoms with Gasteiger partial charge >= 0.3 is 5.97 Å². The van der Waals surface area contributed by atoms with Crippen LogP contribution in [0.3, 0.4) is 0 Å². The van der Waals surface area contributed by atoms with Crippen molar-refractivity contribution in [2.75, 3.05) is 20.8 Å². The van der Waals surface area contributed by atoms with E-state index in [1.165, 1.54) is 14.2 Å². The van der Waals surface area contributed by atoms with Crippen LogP contribution < -0.4 is 9.47 Å². The third-order valence-corrected chi connectivity index (χ3v) is 4.43. The molecule has 0 saturated carbocycles. The number of carbonyl (C=O) groups excluding carboxylic acids is 2. The van der Waals surface area contributed by atoms with Crippen molar-refractivity contribution in [3.63, 3.8) is 0 Å². The number of hydrogen-bond donors (Lipinski definition) is 0. The number of carbonyl (C=O) groups is 2. The average Bonchev–Trinajstić information content (AvgIpc) is 2.58. The van der Waals surface area contributed by atoms with Gasteiger partial charge in [-0.15, -0.1) is 0 Å². The number of benzene rings is 1. The van der Waals surface area contributed by atoms with Crippen molar-refractivity contribution in [3.8, 4) is 11.5 Å². The SMILES string of the molecule is COC(=O)c1ccc(OC)cc1OCC(=O)N1[C@H](C)CCC[C@H]1C. The summed E-state index contributed by atoms with van der Waals surface area (Å²) in [5, 5.41) is 0. The molecule has 2 rings (SSSR count). The number of nitrogens with zero attached hydrogens (tertiary/aromatic N) is 1. The fourth-order valence-corrected chi connectivity index (χ4v) is 3.15. The van der Waals surface area contributed by atoms with Crippen LogP contribution in [0.2, 0.25) is 0 Å². The zero-order chi connectivity index (χ0) is 17.7. The van der Waals surface area contributed by atoms with Gasteiger partial charge in [0.1, 0.15) is 17.1 Å². The van der Waals surface area contributed by atoms with E-state index in [0.29, 0.717) is 5.75 Å². The molecule has 6 heteroatoms.